The van der Waals surface area contributed by atoms with Crippen molar-refractivity contribution in [3.05, 3.63) is 0 Å². The zero-order valence-corrected chi connectivity index (χ0v) is 11.5. The third-order valence-corrected chi connectivity index (χ3v) is 3.35. The molecule has 1 saturated heterocycles. The molecule has 1 fully saturated rings. The van der Waals surface area contributed by atoms with Crippen LogP contribution in [0.2, 0.25) is 0 Å². The van der Waals surface area contributed by atoms with Gasteiger partial charge in [0.1, 0.15) is 0 Å². The molecule has 1 N–H and O–H groups in total. The average Bonchev–Trinajstić information content (AvgIpc) is 2.24. The number of piperidine rings is 1. The number of nitrogens with zero attached hydrogens (tertiary/aromatic N) is 2. The van der Waals surface area contributed by atoms with E-state index in [1.807, 2.05) is 0 Å². The summed E-state index contributed by atoms with van der Waals surface area (Å²) in [5.41, 5.74) is 0. The van der Waals surface area contributed by atoms with Gasteiger partial charge in [0.25, 0.3) is 0 Å². The molecule has 0 aliphatic carbocycles. The van der Waals surface area contributed by atoms with Crippen molar-refractivity contribution in [3.8, 4) is 0 Å². The predicted molar refractivity (Wildman–Crippen MR) is 70.9 cm³/mol. The molecule has 1 aliphatic heterocycles. The van der Waals surface area contributed by atoms with E-state index in [0.717, 1.165) is 12.6 Å². The van der Waals surface area contributed by atoms with Gasteiger partial charge in [-0.05, 0) is 33.5 Å². The van der Waals surface area contributed by atoms with Gasteiger partial charge in [0, 0.05) is 31.7 Å². The fourth-order valence-electron chi connectivity index (χ4n) is 2.29. The normalized spacial score (nSPS) is 23.2. The van der Waals surface area contributed by atoms with Crippen LogP contribution in [0.5, 0.6) is 0 Å². The molecule has 1 unspecified atom stereocenters. The first-order chi connectivity index (χ1) is 7.59. The summed E-state index contributed by atoms with van der Waals surface area (Å²) in [4.78, 5) is 4.94. The molecular formula is C13H29N3. The molecule has 0 bridgehead atoms. The number of likely N-dealkylation sites (tertiary alicyclic amines) is 1. The van der Waals surface area contributed by atoms with E-state index in [9.17, 15) is 0 Å². The molecule has 1 rings (SSSR count). The topological polar surface area (TPSA) is 18.5 Å². The Balaban J connectivity index is 2.31. The molecule has 0 radical (unpaired) electrons. The monoisotopic (exact) mass is 227 g/mol. The first-order valence-electron chi connectivity index (χ1n) is 6.71. The second-order valence-corrected chi connectivity index (χ2v) is 5.55. The lowest BCUT2D eigenvalue weighted by Crippen LogP contribution is -2.48. The maximum Gasteiger partial charge on any atom is 0.0221 e. The summed E-state index contributed by atoms with van der Waals surface area (Å²) in [6, 6.07) is 1.37. The lowest BCUT2D eigenvalue weighted by Gasteiger charge is -2.37. The van der Waals surface area contributed by atoms with Crippen molar-refractivity contribution in [2.24, 2.45) is 0 Å². The molecule has 0 aromatic heterocycles. The lowest BCUT2D eigenvalue weighted by atomic mass is 10.0. The summed E-state index contributed by atoms with van der Waals surface area (Å²) in [5.74, 6) is 0. The Bertz CT molecular complexity index is 160. The van der Waals surface area contributed by atoms with Crippen molar-refractivity contribution < 1.29 is 0 Å². The zero-order valence-electron chi connectivity index (χ0n) is 11.5. The van der Waals surface area contributed by atoms with Crippen molar-refractivity contribution in [1.82, 2.24) is 15.1 Å². The molecule has 3 nitrogen and oxygen atoms in total. The highest BCUT2D eigenvalue weighted by Gasteiger charge is 2.21. The highest BCUT2D eigenvalue weighted by atomic mass is 15.2. The molecule has 0 aromatic carbocycles. The molecule has 0 aromatic rings. The first-order valence-corrected chi connectivity index (χ1v) is 6.71. The SMILES string of the molecule is CC(C)NCC1CCCCN1CCN(C)C. The van der Waals surface area contributed by atoms with Crippen LogP contribution in [0, 0.1) is 0 Å². The van der Waals surface area contributed by atoms with Crippen LogP contribution < -0.4 is 5.32 Å². The Kier molecular flexibility index (Phi) is 6.32. The first kappa shape index (κ1) is 13.9. The molecular weight excluding hydrogens is 198 g/mol. The quantitative estimate of drug-likeness (QED) is 0.740. The summed E-state index contributed by atoms with van der Waals surface area (Å²) in [6.45, 7) is 9.30. The van der Waals surface area contributed by atoms with E-state index in [1.54, 1.807) is 0 Å². The van der Waals surface area contributed by atoms with Crippen LogP contribution in [0.1, 0.15) is 33.1 Å². The number of nitrogens with one attached hydrogen (secondary N) is 1. The Morgan fingerprint density at radius 1 is 1.31 bits per heavy atom. The minimum absolute atomic E-state index is 0.609. The summed E-state index contributed by atoms with van der Waals surface area (Å²) in [6.07, 6.45) is 4.15. The molecule has 1 atom stereocenters. The van der Waals surface area contributed by atoms with Crippen LogP contribution in [-0.2, 0) is 0 Å². The van der Waals surface area contributed by atoms with Gasteiger partial charge >= 0.3 is 0 Å². The van der Waals surface area contributed by atoms with Gasteiger partial charge in [-0.25, -0.2) is 0 Å². The van der Waals surface area contributed by atoms with Gasteiger partial charge in [0.15, 0.2) is 0 Å². The van der Waals surface area contributed by atoms with Crippen LogP contribution in [0.4, 0.5) is 0 Å². The largest absolute Gasteiger partial charge is 0.313 e. The smallest absolute Gasteiger partial charge is 0.0221 e. The Morgan fingerprint density at radius 2 is 2.06 bits per heavy atom. The third kappa shape index (κ3) is 5.28. The van der Waals surface area contributed by atoms with Gasteiger partial charge in [-0.3, -0.25) is 4.90 Å². The molecule has 1 aliphatic rings. The van der Waals surface area contributed by atoms with Crippen molar-refractivity contribution in [3.63, 3.8) is 0 Å². The van der Waals surface area contributed by atoms with Crippen LogP contribution in [0.25, 0.3) is 0 Å². The van der Waals surface area contributed by atoms with E-state index < -0.39 is 0 Å². The van der Waals surface area contributed by atoms with E-state index in [2.05, 4.69) is 43.1 Å². The molecule has 0 saturated carbocycles. The van der Waals surface area contributed by atoms with Crippen LogP contribution in [-0.4, -0.2) is 62.2 Å². The highest BCUT2D eigenvalue weighted by molar-refractivity contribution is 4.79. The Morgan fingerprint density at radius 3 is 2.69 bits per heavy atom. The molecule has 0 spiro atoms. The maximum absolute atomic E-state index is 3.58. The number of rotatable bonds is 6. The average molecular weight is 227 g/mol. The second-order valence-electron chi connectivity index (χ2n) is 5.55. The lowest BCUT2D eigenvalue weighted by molar-refractivity contribution is 0.132. The molecule has 0 amide bonds. The van der Waals surface area contributed by atoms with E-state index in [1.165, 1.54) is 38.9 Å². The maximum atomic E-state index is 3.58. The Labute approximate surface area is 101 Å². The van der Waals surface area contributed by atoms with Crippen molar-refractivity contribution in [2.45, 2.75) is 45.2 Å². The van der Waals surface area contributed by atoms with E-state index in [0.29, 0.717) is 6.04 Å². The van der Waals surface area contributed by atoms with Gasteiger partial charge in [-0.15, -0.1) is 0 Å². The van der Waals surface area contributed by atoms with Gasteiger partial charge < -0.3 is 10.2 Å². The fraction of sp³-hybridized carbons (Fsp3) is 1.00. The number of hydrogen-bond acceptors (Lipinski definition) is 3. The third-order valence-electron chi connectivity index (χ3n) is 3.35. The van der Waals surface area contributed by atoms with Crippen molar-refractivity contribution >= 4 is 0 Å². The standard InChI is InChI=1S/C13H29N3/c1-12(2)14-11-13-7-5-6-8-16(13)10-9-15(3)4/h12-14H,5-11H2,1-4H3. The minimum Gasteiger partial charge on any atom is -0.313 e. The summed E-state index contributed by atoms with van der Waals surface area (Å²) < 4.78 is 0. The molecule has 1 heterocycles. The number of likely N-dealkylation sites (N-methyl/N-ethyl adjacent to an activating group) is 1. The van der Waals surface area contributed by atoms with Crippen LogP contribution in [0.3, 0.4) is 0 Å². The molecule has 96 valence electrons. The predicted octanol–water partition coefficient (Wildman–Crippen LogP) is 1.40. The second kappa shape index (κ2) is 7.25. The van der Waals surface area contributed by atoms with E-state index in [4.69, 9.17) is 0 Å². The summed E-state index contributed by atoms with van der Waals surface area (Å²) in [5, 5.41) is 3.58. The Hall–Kier alpha value is -0.120. The highest BCUT2D eigenvalue weighted by Crippen LogP contribution is 2.16. The van der Waals surface area contributed by atoms with Crippen LogP contribution >= 0.6 is 0 Å². The number of hydrogen-bond donors (Lipinski definition) is 1. The molecule has 16 heavy (non-hydrogen) atoms. The van der Waals surface area contributed by atoms with Gasteiger partial charge in [0.05, 0.1) is 0 Å². The van der Waals surface area contributed by atoms with Crippen molar-refractivity contribution in [2.75, 3.05) is 40.3 Å². The molecule has 3 heteroatoms. The van der Waals surface area contributed by atoms with Gasteiger partial charge in [-0.1, -0.05) is 20.3 Å². The van der Waals surface area contributed by atoms with E-state index in [-0.39, 0.29) is 0 Å². The zero-order chi connectivity index (χ0) is 12.0. The minimum atomic E-state index is 0.609. The van der Waals surface area contributed by atoms with Crippen molar-refractivity contribution in [1.29, 1.82) is 0 Å². The fourth-order valence-corrected chi connectivity index (χ4v) is 2.29. The van der Waals surface area contributed by atoms with Gasteiger partial charge in [0.2, 0.25) is 0 Å². The summed E-state index contributed by atoms with van der Waals surface area (Å²) >= 11 is 0. The summed E-state index contributed by atoms with van der Waals surface area (Å²) in [7, 11) is 4.32. The van der Waals surface area contributed by atoms with E-state index >= 15 is 0 Å². The van der Waals surface area contributed by atoms with Crippen LogP contribution in [0.15, 0.2) is 0 Å². The van der Waals surface area contributed by atoms with Gasteiger partial charge in [-0.2, -0.15) is 0 Å².